The van der Waals surface area contributed by atoms with Crippen LogP contribution in [0, 0.1) is 5.41 Å². The van der Waals surface area contributed by atoms with Crippen molar-refractivity contribution in [2.75, 3.05) is 6.54 Å². The number of hydrogen-bond acceptors (Lipinski definition) is 1. The minimum atomic E-state index is 0.420. The minimum absolute atomic E-state index is 0.420. The molecule has 0 saturated heterocycles. The predicted octanol–water partition coefficient (Wildman–Crippen LogP) is 4.55. The van der Waals surface area contributed by atoms with Crippen LogP contribution >= 0.6 is 15.9 Å². The Morgan fingerprint density at radius 1 is 1.28 bits per heavy atom. The second-order valence-corrected chi connectivity index (χ2v) is 6.58. The molecule has 0 radical (unpaired) electrons. The van der Waals surface area contributed by atoms with Crippen LogP contribution in [0.15, 0.2) is 28.7 Å². The summed E-state index contributed by atoms with van der Waals surface area (Å²) in [4.78, 5) is 0. The summed E-state index contributed by atoms with van der Waals surface area (Å²) in [6.45, 7) is 5.82. The molecule has 0 amide bonds. The highest BCUT2D eigenvalue weighted by Crippen LogP contribution is 2.32. The summed E-state index contributed by atoms with van der Waals surface area (Å²) in [6.07, 6.45) is 6.42. The first-order chi connectivity index (χ1) is 8.67. The molecule has 1 aliphatic carbocycles. The standard InChI is InChI=1S/C16H24BrN/c1-3-16(4-2,12-18-15-8-9-15)11-13-6-5-7-14(17)10-13/h5-7,10,15,18H,3-4,8-9,11-12H2,1-2H3. The molecule has 0 bridgehead atoms. The maximum atomic E-state index is 3.72. The van der Waals surface area contributed by atoms with Gasteiger partial charge in [-0.25, -0.2) is 0 Å². The number of rotatable bonds is 7. The maximum Gasteiger partial charge on any atom is 0.0177 e. The smallest absolute Gasteiger partial charge is 0.0177 e. The Morgan fingerprint density at radius 3 is 2.56 bits per heavy atom. The van der Waals surface area contributed by atoms with E-state index in [9.17, 15) is 0 Å². The molecule has 0 heterocycles. The van der Waals surface area contributed by atoms with Crippen molar-refractivity contribution in [2.24, 2.45) is 5.41 Å². The number of nitrogens with one attached hydrogen (secondary N) is 1. The molecule has 0 unspecified atom stereocenters. The molecular weight excluding hydrogens is 286 g/mol. The predicted molar refractivity (Wildman–Crippen MR) is 81.9 cm³/mol. The lowest BCUT2D eigenvalue weighted by Gasteiger charge is -2.32. The zero-order valence-electron chi connectivity index (χ0n) is 11.5. The van der Waals surface area contributed by atoms with Gasteiger partial charge in [0, 0.05) is 17.1 Å². The first-order valence-electron chi connectivity index (χ1n) is 7.15. The summed E-state index contributed by atoms with van der Waals surface area (Å²) in [5.74, 6) is 0. The van der Waals surface area contributed by atoms with E-state index in [4.69, 9.17) is 0 Å². The molecule has 0 aromatic heterocycles. The van der Waals surface area contributed by atoms with Crippen LogP contribution in [0.25, 0.3) is 0 Å². The van der Waals surface area contributed by atoms with Gasteiger partial charge in [-0.3, -0.25) is 0 Å². The molecule has 0 spiro atoms. The Bertz CT molecular complexity index is 380. The largest absolute Gasteiger partial charge is 0.313 e. The zero-order valence-corrected chi connectivity index (χ0v) is 13.1. The van der Waals surface area contributed by atoms with Gasteiger partial charge in [0.15, 0.2) is 0 Å². The van der Waals surface area contributed by atoms with Crippen molar-refractivity contribution in [3.8, 4) is 0 Å². The summed E-state index contributed by atoms with van der Waals surface area (Å²) < 4.78 is 1.19. The monoisotopic (exact) mass is 309 g/mol. The molecule has 18 heavy (non-hydrogen) atoms. The Labute approximate surface area is 119 Å². The minimum Gasteiger partial charge on any atom is -0.313 e. The van der Waals surface area contributed by atoms with Gasteiger partial charge in [-0.15, -0.1) is 0 Å². The van der Waals surface area contributed by atoms with E-state index >= 15 is 0 Å². The van der Waals surface area contributed by atoms with E-state index in [1.54, 1.807) is 0 Å². The highest BCUT2D eigenvalue weighted by molar-refractivity contribution is 9.10. The van der Waals surface area contributed by atoms with Crippen molar-refractivity contribution >= 4 is 15.9 Å². The lowest BCUT2D eigenvalue weighted by molar-refractivity contribution is 0.245. The average Bonchev–Trinajstić information content (AvgIpc) is 3.19. The molecule has 1 nitrogen and oxygen atoms in total. The first kappa shape index (κ1) is 14.1. The van der Waals surface area contributed by atoms with E-state index in [0.29, 0.717) is 5.41 Å². The van der Waals surface area contributed by atoms with Gasteiger partial charge < -0.3 is 5.32 Å². The SMILES string of the molecule is CCC(CC)(CNC1CC1)Cc1cccc(Br)c1. The quantitative estimate of drug-likeness (QED) is 0.779. The third-order valence-electron chi connectivity index (χ3n) is 4.31. The number of halogens is 1. The van der Waals surface area contributed by atoms with Crippen molar-refractivity contribution in [1.29, 1.82) is 0 Å². The van der Waals surface area contributed by atoms with Gasteiger partial charge >= 0.3 is 0 Å². The van der Waals surface area contributed by atoms with E-state index in [1.807, 2.05) is 0 Å². The normalized spacial score (nSPS) is 15.9. The second-order valence-electron chi connectivity index (χ2n) is 5.67. The molecule has 1 N–H and O–H groups in total. The van der Waals surface area contributed by atoms with Crippen LogP contribution in [0.1, 0.15) is 45.1 Å². The van der Waals surface area contributed by atoms with Crippen LogP contribution in [0.2, 0.25) is 0 Å². The summed E-state index contributed by atoms with van der Waals surface area (Å²) in [5.41, 5.74) is 1.87. The summed E-state index contributed by atoms with van der Waals surface area (Å²) in [6, 6.07) is 9.57. The third kappa shape index (κ3) is 3.83. The molecule has 1 fully saturated rings. The van der Waals surface area contributed by atoms with Gasteiger partial charge in [0.25, 0.3) is 0 Å². The van der Waals surface area contributed by atoms with Crippen molar-refractivity contribution in [2.45, 2.75) is 52.0 Å². The molecular formula is C16H24BrN. The summed E-state index contributed by atoms with van der Waals surface area (Å²) in [5, 5.41) is 3.72. The van der Waals surface area contributed by atoms with Crippen molar-refractivity contribution in [3.63, 3.8) is 0 Å². The van der Waals surface area contributed by atoms with E-state index in [1.165, 1.54) is 42.1 Å². The van der Waals surface area contributed by atoms with Gasteiger partial charge in [-0.2, -0.15) is 0 Å². The molecule has 2 heteroatoms. The van der Waals surface area contributed by atoms with Crippen molar-refractivity contribution in [3.05, 3.63) is 34.3 Å². The topological polar surface area (TPSA) is 12.0 Å². The van der Waals surface area contributed by atoms with E-state index in [0.717, 1.165) is 12.6 Å². The highest BCUT2D eigenvalue weighted by Gasteiger charge is 2.30. The maximum absolute atomic E-state index is 3.72. The van der Waals surface area contributed by atoms with E-state index < -0.39 is 0 Å². The fraction of sp³-hybridized carbons (Fsp3) is 0.625. The van der Waals surface area contributed by atoms with Crippen LogP contribution in [0.4, 0.5) is 0 Å². The van der Waals surface area contributed by atoms with Crippen LogP contribution in [-0.2, 0) is 6.42 Å². The number of benzene rings is 1. The fourth-order valence-corrected chi connectivity index (χ4v) is 2.99. The van der Waals surface area contributed by atoms with Crippen LogP contribution < -0.4 is 5.32 Å². The molecule has 1 aromatic rings. The van der Waals surface area contributed by atoms with E-state index in [2.05, 4.69) is 59.4 Å². The van der Waals surface area contributed by atoms with Gasteiger partial charge in [0.2, 0.25) is 0 Å². The van der Waals surface area contributed by atoms with Crippen LogP contribution in [0.3, 0.4) is 0 Å². The lowest BCUT2D eigenvalue weighted by atomic mass is 9.77. The number of hydrogen-bond donors (Lipinski definition) is 1. The van der Waals surface area contributed by atoms with Gasteiger partial charge in [-0.1, -0.05) is 41.9 Å². The molecule has 1 aromatic carbocycles. The summed E-state index contributed by atoms with van der Waals surface area (Å²) >= 11 is 3.57. The second kappa shape index (κ2) is 6.21. The Morgan fingerprint density at radius 2 is 2.00 bits per heavy atom. The summed E-state index contributed by atoms with van der Waals surface area (Å²) in [7, 11) is 0. The molecule has 1 aliphatic rings. The Hall–Kier alpha value is -0.340. The van der Waals surface area contributed by atoms with Gasteiger partial charge in [-0.05, 0) is 55.2 Å². The molecule has 0 aliphatic heterocycles. The van der Waals surface area contributed by atoms with E-state index in [-0.39, 0.29) is 0 Å². The van der Waals surface area contributed by atoms with Gasteiger partial charge in [0.05, 0.1) is 0 Å². The molecule has 0 atom stereocenters. The molecule has 1 saturated carbocycles. The fourth-order valence-electron chi connectivity index (χ4n) is 2.54. The Kier molecular flexibility index (Phi) is 4.85. The van der Waals surface area contributed by atoms with Crippen LogP contribution in [0.5, 0.6) is 0 Å². The molecule has 2 rings (SSSR count). The van der Waals surface area contributed by atoms with Crippen LogP contribution in [-0.4, -0.2) is 12.6 Å². The first-order valence-corrected chi connectivity index (χ1v) is 7.94. The molecule has 100 valence electrons. The average molecular weight is 310 g/mol. The van der Waals surface area contributed by atoms with Crippen molar-refractivity contribution in [1.82, 2.24) is 5.32 Å². The van der Waals surface area contributed by atoms with Crippen molar-refractivity contribution < 1.29 is 0 Å². The van der Waals surface area contributed by atoms with Gasteiger partial charge in [0.1, 0.15) is 0 Å². The Balaban J connectivity index is 2.03. The lowest BCUT2D eigenvalue weighted by Crippen LogP contribution is -2.36. The zero-order chi connectivity index (χ0) is 13.0. The highest BCUT2D eigenvalue weighted by atomic mass is 79.9. The third-order valence-corrected chi connectivity index (χ3v) is 4.80.